The van der Waals surface area contributed by atoms with Crippen LogP contribution in [0.5, 0.6) is 0 Å². The Kier molecular flexibility index (Phi) is 4.96. The zero-order chi connectivity index (χ0) is 14.9. The molecule has 0 spiro atoms. The molecule has 0 atom stereocenters. The lowest BCUT2D eigenvalue weighted by Gasteiger charge is -2.10. The fraction of sp³-hybridized carbons (Fsp3) is 0.0909. The molecule has 0 aliphatic carbocycles. The number of nitrogens with two attached hydrogens (primary N) is 1. The number of sulfonamides is 1. The predicted molar refractivity (Wildman–Crippen MR) is 86.9 cm³/mol. The van der Waals surface area contributed by atoms with E-state index in [0.717, 1.165) is 4.47 Å². The first-order valence-corrected chi connectivity index (χ1v) is 9.16. The number of nitrogens with one attached hydrogen (secondary N) is 1. The van der Waals surface area contributed by atoms with Crippen molar-refractivity contribution in [3.8, 4) is 0 Å². The van der Waals surface area contributed by atoms with Crippen molar-refractivity contribution in [2.24, 2.45) is 5.73 Å². The molecule has 9 heteroatoms. The molecule has 0 fully saturated rings. The summed E-state index contributed by atoms with van der Waals surface area (Å²) < 4.78 is 34.0. The van der Waals surface area contributed by atoms with Crippen LogP contribution in [0.2, 0.25) is 0 Å². The van der Waals surface area contributed by atoms with Gasteiger partial charge in [0.2, 0.25) is 5.09 Å². The highest BCUT2D eigenvalue weighted by Crippen LogP contribution is 2.35. The van der Waals surface area contributed by atoms with Gasteiger partial charge in [-0.15, -0.1) is 0 Å². The first-order chi connectivity index (χ1) is 9.33. The van der Waals surface area contributed by atoms with Crippen LogP contribution in [0.3, 0.4) is 0 Å². The Hall–Kier alpha value is -0.350. The van der Waals surface area contributed by atoms with E-state index in [0.29, 0.717) is 20.4 Å². The molecule has 1 aromatic heterocycles. The Bertz CT molecular complexity index is 720. The van der Waals surface area contributed by atoms with Crippen LogP contribution in [-0.4, -0.2) is 8.42 Å². The van der Waals surface area contributed by atoms with E-state index >= 15 is 0 Å². The third-order valence-electron chi connectivity index (χ3n) is 2.35. The van der Waals surface area contributed by atoms with E-state index in [1.807, 2.05) is 0 Å². The average Bonchev–Trinajstić information content (AvgIpc) is 2.83. The van der Waals surface area contributed by atoms with Crippen LogP contribution in [0.4, 0.5) is 5.69 Å². The minimum Gasteiger partial charge on any atom is -0.446 e. The van der Waals surface area contributed by atoms with Gasteiger partial charge < -0.3 is 10.2 Å². The molecule has 0 saturated heterocycles. The number of hydrogen-bond acceptors (Lipinski definition) is 4. The van der Waals surface area contributed by atoms with E-state index in [1.165, 1.54) is 12.1 Å². The molecule has 3 N–H and O–H groups in total. The Labute approximate surface area is 141 Å². The molecule has 5 nitrogen and oxygen atoms in total. The summed E-state index contributed by atoms with van der Waals surface area (Å²) in [5, 5.41) is -0.181. The maximum atomic E-state index is 12.2. The van der Waals surface area contributed by atoms with E-state index < -0.39 is 10.0 Å². The summed E-state index contributed by atoms with van der Waals surface area (Å²) in [6, 6.07) is 6.36. The fourth-order valence-electron chi connectivity index (χ4n) is 1.44. The van der Waals surface area contributed by atoms with Gasteiger partial charge >= 0.3 is 0 Å². The maximum absolute atomic E-state index is 12.2. The van der Waals surface area contributed by atoms with Crippen LogP contribution in [0.25, 0.3) is 0 Å². The average molecular weight is 489 g/mol. The SMILES string of the molecule is NCc1ccc(S(=O)(=O)Nc2c(Br)cc(Br)cc2Br)o1. The maximum Gasteiger partial charge on any atom is 0.295 e. The van der Waals surface area contributed by atoms with Crippen molar-refractivity contribution in [3.63, 3.8) is 0 Å². The van der Waals surface area contributed by atoms with E-state index in [1.54, 1.807) is 12.1 Å². The van der Waals surface area contributed by atoms with Crippen molar-refractivity contribution in [2.75, 3.05) is 4.72 Å². The fourth-order valence-corrected chi connectivity index (χ4v) is 5.21. The van der Waals surface area contributed by atoms with Gasteiger partial charge in [-0.3, -0.25) is 4.72 Å². The summed E-state index contributed by atoms with van der Waals surface area (Å²) in [5.74, 6) is 0.402. The van der Waals surface area contributed by atoms with Gasteiger partial charge in [0.05, 0.1) is 12.2 Å². The van der Waals surface area contributed by atoms with Crippen molar-refractivity contribution >= 4 is 63.5 Å². The van der Waals surface area contributed by atoms with E-state index in [9.17, 15) is 8.42 Å². The van der Waals surface area contributed by atoms with Gasteiger partial charge in [-0.05, 0) is 56.1 Å². The Morgan fingerprint density at radius 2 is 1.75 bits per heavy atom. The van der Waals surface area contributed by atoms with Gasteiger partial charge in [-0.2, -0.15) is 8.42 Å². The molecule has 0 saturated carbocycles. The van der Waals surface area contributed by atoms with Crippen molar-refractivity contribution in [2.45, 2.75) is 11.6 Å². The Morgan fingerprint density at radius 3 is 2.25 bits per heavy atom. The topological polar surface area (TPSA) is 85.3 Å². The molecule has 0 unspecified atom stereocenters. The van der Waals surface area contributed by atoms with Crippen molar-refractivity contribution in [1.82, 2.24) is 0 Å². The lowest BCUT2D eigenvalue weighted by molar-refractivity contribution is 0.417. The molecule has 0 bridgehead atoms. The smallest absolute Gasteiger partial charge is 0.295 e. The van der Waals surface area contributed by atoms with E-state index in [-0.39, 0.29) is 11.6 Å². The predicted octanol–water partition coefficient (Wildman–Crippen LogP) is 3.83. The molecule has 108 valence electrons. The summed E-state index contributed by atoms with van der Waals surface area (Å²) in [7, 11) is -3.81. The van der Waals surface area contributed by atoms with Crippen LogP contribution in [0.1, 0.15) is 5.76 Å². The minimum absolute atomic E-state index is 0.140. The van der Waals surface area contributed by atoms with Crippen LogP contribution in [0, 0.1) is 0 Å². The summed E-state index contributed by atoms with van der Waals surface area (Å²) >= 11 is 9.92. The van der Waals surface area contributed by atoms with Gasteiger partial charge in [-0.1, -0.05) is 15.9 Å². The highest BCUT2D eigenvalue weighted by Gasteiger charge is 2.21. The second-order valence-corrected chi connectivity index (χ2v) is 8.01. The summed E-state index contributed by atoms with van der Waals surface area (Å²) in [4.78, 5) is 0. The monoisotopic (exact) mass is 486 g/mol. The lowest BCUT2D eigenvalue weighted by Crippen LogP contribution is -2.13. The summed E-state index contributed by atoms with van der Waals surface area (Å²) in [6.07, 6.45) is 0. The van der Waals surface area contributed by atoms with Crippen molar-refractivity contribution < 1.29 is 12.8 Å². The van der Waals surface area contributed by atoms with Crippen molar-refractivity contribution in [3.05, 3.63) is 43.4 Å². The minimum atomic E-state index is -3.81. The molecular formula is C11H9Br3N2O3S. The molecule has 20 heavy (non-hydrogen) atoms. The highest BCUT2D eigenvalue weighted by atomic mass is 79.9. The van der Waals surface area contributed by atoms with Crippen LogP contribution in [-0.2, 0) is 16.6 Å². The number of furan rings is 1. The second kappa shape index (κ2) is 6.18. The molecule has 0 amide bonds. The zero-order valence-electron chi connectivity index (χ0n) is 9.86. The molecule has 2 rings (SSSR count). The van der Waals surface area contributed by atoms with Gasteiger partial charge in [0, 0.05) is 13.4 Å². The van der Waals surface area contributed by atoms with Gasteiger partial charge in [0.15, 0.2) is 0 Å². The van der Waals surface area contributed by atoms with Gasteiger partial charge in [-0.25, -0.2) is 0 Å². The first kappa shape index (κ1) is 16.0. The highest BCUT2D eigenvalue weighted by molar-refractivity contribution is 9.11. The first-order valence-electron chi connectivity index (χ1n) is 5.29. The number of benzene rings is 1. The van der Waals surface area contributed by atoms with Crippen molar-refractivity contribution in [1.29, 1.82) is 0 Å². The van der Waals surface area contributed by atoms with Crippen LogP contribution in [0.15, 0.2) is 47.2 Å². The van der Waals surface area contributed by atoms with E-state index in [2.05, 4.69) is 52.5 Å². The second-order valence-electron chi connectivity index (χ2n) is 3.77. The zero-order valence-corrected chi connectivity index (χ0v) is 15.4. The standard InChI is InChI=1S/C11H9Br3N2O3S/c12-6-3-8(13)11(9(14)4-6)16-20(17,18)10-2-1-7(5-15)19-10/h1-4,16H,5,15H2. The molecule has 0 aliphatic heterocycles. The molecule has 2 aromatic rings. The summed E-state index contributed by atoms with van der Waals surface area (Å²) in [6.45, 7) is 0.140. The van der Waals surface area contributed by atoms with E-state index in [4.69, 9.17) is 10.2 Å². The Morgan fingerprint density at radius 1 is 1.15 bits per heavy atom. The summed E-state index contributed by atoms with van der Waals surface area (Å²) in [5.41, 5.74) is 5.78. The number of halogens is 3. The van der Waals surface area contributed by atoms with Crippen LogP contribution < -0.4 is 10.5 Å². The third kappa shape index (κ3) is 3.45. The largest absolute Gasteiger partial charge is 0.446 e. The lowest BCUT2D eigenvalue weighted by atomic mass is 10.3. The normalized spacial score (nSPS) is 11.6. The quantitative estimate of drug-likeness (QED) is 0.685. The Balaban J connectivity index is 2.38. The van der Waals surface area contributed by atoms with Gasteiger partial charge in [0.25, 0.3) is 10.0 Å². The molecule has 0 aliphatic rings. The number of anilines is 1. The molecule has 0 radical (unpaired) electrons. The van der Waals surface area contributed by atoms with Gasteiger partial charge in [0.1, 0.15) is 5.76 Å². The molecule has 1 aromatic carbocycles. The number of hydrogen-bond donors (Lipinski definition) is 2. The van der Waals surface area contributed by atoms with Crippen LogP contribution >= 0.6 is 47.8 Å². The molecule has 1 heterocycles. The third-order valence-corrected chi connectivity index (χ3v) is 5.28. The number of rotatable bonds is 4. The molecular weight excluding hydrogens is 480 g/mol.